The average Bonchev–Trinajstić information content (AvgIpc) is 3.04. The second-order valence-corrected chi connectivity index (χ2v) is 5.94. The van der Waals surface area contributed by atoms with Gasteiger partial charge in [-0.15, -0.1) is 0 Å². The highest BCUT2D eigenvalue weighted by molar-refractivity contribution is 5.81. The number of carbonyl (C=O) groups excluding carboxylic acids is 1. The fourth-order valence-corrected chi connectivity index (χ4v) is 2.78. The van der Waals surface area contributed by atoms with Crippen LogP contribution in [0.1, 0.15) is 24.8 Å². The van der Waals surface area contributed by atoms with Crippen LogP contribution in [0.25, 0.3) is 0 Å². The summed E-state index contributed by atoms with van der Waals surface area (Å²) in [6.45, 7) is 4.08. The standard InChI is InChI=1S/C17H27N3O/c1-19(13-14-20-11-5-6-12-20)17(21)16(18)10-9-15-7-3-2-4-8-15/h2-4,7-8,16H,5-6,9-14,18H2,1H3/t16-/m0/s1. The average molecular weight is 289 g/mol. The molecule has 1 saturated heterocycles. The van der Waals surface area contributed by atoms with Crippen LogP contribution in [0.15, 0.2) is 30.3 Å². The van der Waals surface area contributed by atoms with Gasteiger partial charge in [0.1, 0.15) is 0 Å². The first-order valence-electron chi connectivity index (χ1n) is 7.93. The van der Waals surface area contributed by atoms with Crippen LogP contribution in [0.4, 0.5) is 0 Å². The molecule has 1 aliphatic heterocycles. The van der Waals surface area contributed by atoms with Crippen LogP contribution in [-0.2, 0) is 11.2 Å². The lowest BCUT2D eigenvalue weighted by Crippen LogP contribution is -2.44. The summed E-state index contributed by atoms with van der Waals surface area (Å²) in [5, 5.41) is 0. The topological polar surface area (TPSA) is 49.6 Å². The van der Waals surface area contributed by atoms with Gasteiger partial charge in [0.05, 0.1) is 6.04 Å². The van der Waals surface area contributed by atoms with Crippen molar-refractivity contribution in [1.29, 1.82) is 0 Å². The lowest BCUT2D eigenvalue weighted by atomic mass is 10.1. The van der Waals surface area contributed by atoms with Gasteiger partial charge in [-0.05, 0) is 44.3 Å². The van der Waals surface area contributed by atoms with Gasteiger partial charge >= 0.3 is 0 Å². The Bertz CT molecular complexity index is 429. The van der Waals surface area contributed by atoms with Crippen molar-refractivity contribution < 1.29 is 4.79 Å². The molecular weight excluding hydrogens is 262 g/mol. The van der Waals surface area contributed by atoms with Crippen molar-refractivity contribution in [2.45, 2.75) is 31.7 Å². The van der Waals surface area contributed by atoms with Crippen LogP contribution in [0.5, 0.6) is 0 Å². The molecule has 0 aromatic heterocycles. The zero-order valence-electron chi connectivity index (χ0n) is 13.0. The number of nitrogens with zero attached hydrogens (tertiary/aromatic N) is 2. The normalized spacial score (nSPS) is 16.9. The Morgan fingerprint density at radius 2 is 1.95 bits per heavy atom. The molecule has 2 N–H and O–H groups in total. The van der Waals surface area contributed by atoms with Crippen LogP contribution in [-0.4, -0.2) is 55.0 Å². The van der Waals surface area contributed by atoms with Crippen molar-refractivity contribution in [3.8, 4) is 0 Å². The van der Waals surface area contributed by atoms with Crippen molar-refractivity contribution in [1.82, 2.24) is 9.80 Å². The van der Waals surface area contributed by atoms with Crippen molar-refractivity contribution >= 4 is 5.91 Å². The Morgan fingerprint density at radius 1 is 1.29 bits per heavy atom. The summed E-state index contributed by atoms with van der Waals surface area (Å²) in [6.07, 6.45) is 4.13. The van der Waals surface area contributed by atoms with Gasteiger partial charge in [-0.25, -0.2) is 0 Å². The molecule has 1 atom stereocenters. The fourth-order valence-electron chi connectivity index (χ4n) is 2.78. The molecule has 1 aromatic rings. The van der Waals surface area contributed by atoms with Crippen molar-refractivity contribution in [2.75, 3.05) is 33.2 Å². The van der Waals surface area contributed by atoms with Gasteiger partial charge in [0, 0.05) is 20.1 Å². The Morgan fingerprint density at radius 3 is 2.62 bits per heavy atom. The maximum Gasteiger partial charge on any atom is 0.239 e. The lowest BCUT2D eigenvalue weighted by molar-refractivity contribution is -0.131. The molecule has 116 valence electrons. The molecule has 1 amide bonds. The summed E-state index contributed by atoms with van der Waals surface area (Å²) >= 11 is 0. The minimum Gasteiger partial charge on any atom is -0.343 e. The molecule has 1 aliphatic rings. The van der Waals surface area contributed by atoms with Gasteiger partial charge in [0.15, 0.2) is 0 Å². The predicted octanol–water partition coefficient (Wildman–Crippen LogP) is 1.50. The number of likely N-dealkylation sites (tertiary alicyclic amines) is 1. The largest absolute Gasteiger partial charge is 0.343 e. The highest BCUT2D eigenvalue weighted by atomic mass is 16.2. The third-order valence-corrected chi connectivity index (χ3v) is 4.23. The lowest BCUT2D eigenvalue weighted by Gasteiger charge is -2.24. The van der Waals surface area contributed by atoms with E-state index in [1.54, 1.807) is 4.90 Å². The highest BCUT2D eigenvalue weighted by Gasteiger charge is 2.19. The van der Waals surface area contributed by atoms with Gasteiger partial charge in [-0.3, -0.25) is 4.79 Å². The molecule has 0 bridgehead atoms. The van der Waals surface area contributed by atoms with Crippen LogP contribution in [0, 0.1) is 0 Å². The zero-order chi connectivity index (χ0) is 15.1. The minimum absolute atomic E-state index is 0.0603. The number of hydrogen-bond acceptors (Lipinski definition) is 3. The number of rotatable bonds is 7. The van der Waals surface area contributed by atoms with E-state index in [9.17, 15) is 4.79 Å². The molecule has 0 saturated carbocycles. The van der Waals surface area contributed by atoms with Crippen molar-refractivity contribution in [2.24, 2.45) is 5.73 Å². The minimum atomic E-state index is -0.395. The first-order valence-corrected chi connectivity index (χ1v) is 7.93. The molecule has 0 spiro atoms. The molecule has 1 aromatic carbocycles. The quantitative estimate of drug-likeness (QED) is 0.827. The Balaban J connectivity index is 1.70. The first kappa shape index (κ1) is 16.0. The van der Waals surface area contributed by atoms with E-state index in [1.165, 1.54) is 31.5 Å². The molecule has 4 heteroatoms. The number of hydrogen-bond donors (Lipinski definition) is 1. The van der Waals surface area contributed by atoms with Gasteiger partial charge < -0.3 is 15.5 Å². The number of amides is 1. The number of benzene rings is 1. The molecule has 1 heterocycles. The van der Waals surface area contributed by atoms with E-state index in [4.69, 9.17) is 5.73 Å². The molecular formula is C17H27N3O. The van der Waals surface area contributed by atoms with Crippen LogP contribution >= 0.6 is 0 Å². The first-order chi connectivity index (χ1) is 10.2. The van der Waals surface area contributed by atoms with Crippen LogP contribution < -0.4 is 5.73 Å². The SMILES string of the molecule is CN(CCN1CCCC1)C(=O)[C@@H](N)CCc1ccccc1. The monoisotopic (exact) mass is 289 g/mol. The predicted molar refractivity (Wildman–Crippen MR) is 86.0 cm³/mol. The van der Waals surface area contributed by atoms with Crippen molar-refractivity contribution in [3.05, 3.63) is 35.9 Å². The number of nitrogens with two attached hydrogens (primary N) is 1. The van der Waals surface area contributed by atoms with E-state index >= 15 is 0 Å². The smallest absolute Gasteiger partial charge is 0.239 e. The third-order valence-electron chi connectivity index (χ3n) is 4.23. The maximum atomic E-state index is 12.3. The highest BCUT2D eigenvalue weighted by Crippen LogP contribution is 2.08. The molecule has 2 rings (SSSR count). The summed E-state index contributed by atoms with van der Waals surface area (Å²) in [6, 6.07) is 9.80. The molecule has 21 heavy (non-hydrogen) atoms. The zero-order valence-corrected chi connectivity index (χ0v) is 13.0. The van der Waals surface area contributed by atoms with Gasteiger partial charge in [-0.2, -0.15) is 0 Å². The molecule has 0 unspecified atom stereocenters. The molecule has 0 radical (unpaired) electrons. The number of carbonyl (C=O) groups is 1. The molecule has 0 aliphatic carbocycles. The summed E-state index contributed by atoms with van der Waals surface area (Å²) in [4.78, 5) is 16.5. The maximum absolute atomic E-state index is 12.3. The van der Waals surface area contributed by atoms with Gasteiger partial charge in [0.25, 0.3) is 0 Å². The second kappa shape index (κ2) is 8.15. The van der Waals surface area contributed by atoms with E-state index in [0.717, 1.165) is 19.5 Å². The van der Waals surface area contributed by atoms with Crippen LogP contribution in [0.2, 0.25) is 0 Å². The van der Waals surface area contributed by atoms with E-state index in [1.807, 2.05) is 25.2 Å². The molecule has 4 nitrogen and oxygen atoms in total. The Labute approximate surface area is 127 Å². The summed E-state index contributed by atoms with van der Waals surface area (Å²) in [5.74, 6) is 0.0603. The van der Waals surface area contributed by atoms with Crippen molar-refractivity contribution in [3.63, 3.8) is 0 Å². The van der Waals surface area contributed by atoms with E-state index < -0.39 is 6.04 Å². The third kappa shape index (κ3) is 5.14. The van der Waals surface area contributed by atoms with Crippen LogP contribution in [0.3, 0.4) is 0 Å². The summed E-state index contributed by atoms with van der Waals surface area (Å²) in [7, 11) is 1.86. The summed E-state index contributed by atoms with van der Waals surface area (Å²) in [5.41, 5.74) is 7.28. The number of aryl methyl sites for hydroxylation is 1. The molecule has 1 fully saturated rings. The van der Waals surface area contributed by atoms with Gasteiger partial charge in [-0.1, -0.05) is 30.3 Å². The number of likely N-dealkylation sites (N-methyl/N-ethyl adjacent to an activating group) is 1. The second-order valence-electron chi connectivity index (χ2n) is 5.94. The van der Waals surface area contributed by atoms with Gasteiger partial charge in [0.2, 0.25) is 5.91 Å². The fraction of sp³-hybridized carbons (Fsp3) is 0.588. The van der Waals surface area contributed by atoms with E-state index in [-0.39, 0.29) is 5.91 Å². The Hall–Kier alpha value is -1.39. The van der Waals surface area contributed by atoms with E-state index in [2.05, 4.69) is 17.0 Å². The van der Waals surface area contributed by atoms with E-state index in [0.29, 0.717) is 6.42 Å². The summed E-state index contributed by atoms with van der Waals surface area (Å²) < 4.78 is 0. The Kier molecular flexibility index (Phi) is 6.21.